The molecule has 5 N–H and O–H groups in total. The van der Waals surface area contributed by atoms with Crippen molar-refractivity contribution < 1.29 is 4.79 Å². The van der Waals surface area contributed by atoms with E-state index in [9.17, 15) is 4.79 Å². The largest absolute Gasteiger partial charge is 0.370 e. The van der Waals surface area contributed by atoms with Gasteiger partial charge in [-0.15, -0.1) is 0 Å². The zero-order chi connectivity index (χ0) is 11.0. The molecule has 1 amide bonds. The van der Waals surface area contributed by atoms with Gasteiger partial charge in [-0.1, -0.05) is 13.8 Å². The highest BCUT2D eigenvalue weighted by Crippen LogP contribution is 1.91. The lowest BCUT2D eigenvalue weighted by Crippen LogP contribution is -2.32. The summed E-state index contributed by atoms with van der Waals surface area (Å²) >= 11 is 0. The number of hydrogen-bond donors (Lipinski definition) is 4. The van der Waals surface area contributed by atoms with Crippen LogP contribution in [-0.4, -0.2) is 25.0 Å². The third-order valence-electron chi connectivity index (χ3n) is 1.74. The number of unbranched alkanes of at least 4 members (excludes halogenated alkanes) is 1. The van der Waals surface area contributed by atoms with Crippen molar-refractivity contribution in [1.82, 2.24) is 10.6 Å². The Kier molecular flexibility index (Phi) is 6.53. The normalized spacial score (nSPS) is 9.93. The third kappa shape index (κ3) is 7.39. The molecule has 0 rings (SSSR count). The Hall–Kier alpha value is -1.26. The van der Waals surface area contributed by atoms with Crippen LogP contribution in [0.25, 0.3) is 0 Å². The van der Waals surface area contributed by atoms with Crippen LogP contribution in [-0.2, 0) is 4.79 Å². The van der Waals surface area contributed by atoms with E-state index in [2.05, 4.69) is 10.6 Å². The van der Waals surface area contributed by atoms with Crippen LogP contribution in [0.15, 0.2) is 0 Å². The maximum absolute atomic E-state index is 11.1. The summed E-state index contributed by atoms with van der Waals surface area (Å²) in [5.74, 6) is 0.131. The molecule has 5 heteroatoms. The number of guanidine groups is 1. The zero-order valence-corrected chi connectivity index (χ0v) is 8.89. The third-order valence-corrected chi connectivity index (χ3v) is 1.74. The van der Waals surface area contributed by atoms with Gasteiger partial charge in [0.2, 0.25) is 5.91 Å². The first kappa shape index (κ1) is 12.7. The maximum atomic E-state index is 11.1. The number of nitrogens with one attached hydrogen (secondary N) is 3. The molecule has 0 heterocycles. The molecule has 0 radical (unpaired) electrons. The van der Waals surface area contributed by atoms with Crippen LogP contribution in [0.5, 0.6) is 0 Å². The Balaban J connectivity index is 3.22. The minimum Gasteiger partial charge on any atom is -0.370 e. The van der Waals surface area contributed by atoms with Gasteiger partial charge in [0.25, 0.3) is 0 Å². The van der Waals surface area contributed by atoms with Crippen molar-refractivity contribution >= 4 is 11.9 Å². The van der Waals surface area contributed by atoms with Gasteiger partial charge in [0.05, 0.1) is 0 Å². The Labute approximate surface area is 84.9 Å². The summed E-state index contributed by atoms with van der Waals surface area (Å²) in [6, 6.07) is 0. The lowest BCUT2D eigenvalue weighted by atomic mass is 10.2. The van der Waals surface area contributed by atoms with Gasteiger partial charge in [0.1, 0.15) is 0 Å². The second-order valence-electron chi connectivity index (χ2n) is 3.49. The molecular formula is C9H20N4O. The van der Waals surface area contributed by atoms with Crippen LogP contribution >= 0.6 is 0 Å². The summed E-state index contributed by atoms with van der Waals surface area (Å²) in [6.45, 7) is 5.11. The number of nitrogens with two attached hydrogens (primary N) is 1. The van der Waals surface area contributed by atoms with Gasteiger partial charge in [0.15, 0.2) is 5.96 Å². The van der Waals surface area contributed by atoms with Crippen molar-refractivity contribution in [2.45, 2.75) is 26.7 Å². The number of hydrogen-bond acceptors (Lipinski definition) is 2. The van der Waals surface area contributed by atoms with Gasteiger partial charge in [-0.3, -0.25) is 10.2 Å². The Morgan fingerprint density at radius 3 is 2.21 bits per heavy atom. The second kappa shape index (κ2) is 7.17. The molecule has 0 saturated heterocycles. The average molecular weight is 200 g/mol. The molecule has 5 nitrogen and oxygen atoms in total. The van der Waals surface area contributed by atoms with Crippen LogP contribution in [0.4, 0.5) is 0 Å². The lowest BCUT2D eigenvalue weighted by molar-refractivity contribution is -0.123. The molecule has 0 bridgehead atoms. The van der Waals surface area contributed by atoms with Crippen molar-refractivity contribution in [3.63, 3.8) is 0 Å². The molecule has 0 aromatic rings. The van der Waals surface area contributed by atoms with Crippen LogP contribution in [0.3, 0.4) is 0 Å². The molecule has 0 aliphatic carbocycles. The minimum absolute atomic E-state index is 0.00350. The van der Waals surface area contributed by atoms with Crippen LogP contribution in [0, 0.1) is 11.3 Å². The highest BCUT2D eigenvalue weighted by atomic mass is 16.1. The monoisotopic (exact) mass is 200 g/mol. The van der Waals surface area contributed by atoms with E-state index < -0.39 is 0 Å². The van der Waals surface area contributed by atoms with Crippen LogP contribution in [0.1, 0.15) is 26.7 Å². The molecule has 0 unspecified atom stereocenters. The summed E-state index contributed by atoms with van der Waals surface area (Å²) < 4.78 is 0. The van der Waals surface area contributed by atoms with Gasteiger partial charge < -0.3 is 16.4 Å². The van der Waals surface area contributed by atoms with Crippen molar-refractivity contribution in [2.75, 3.05) is 13.1 Å². The Bertz CT molecular complexity index is 191. The zero-order valence-electron chi connectivity index (χ0n) is 8.89. The van der Waals surface area contributed by atoms with Gasteiger partial charge >= 0.3 is 0 Å². The van der Waals surface area contributed by atoms with Crippen molar-refractivity contribution in [2.24, 2.45) is 11.7 Å². The first-order valence-corrected chi connectivity index (χ1v) is 4.89. The fourth-order valence-electron chi connectivity index (χ4n) is 0.889. The second-order valence-corrected chi connectivity index (χ2v) is 3.49. The van der Waals surface area contributed by atoms with E-state index >= 15 is 0 Å². The van der Waals surface area contributed by atoms with Crippen LogP contribution < -0.4 is 16.4 Å². The Morgan fingerprint density at radius 2 is 1.79 bits per heavy atom. The molecule has 14 heavy (non-hydrogen) atoms. The van der Waals surface area contributed by atoms with E-state index in [1.807, 2.05) is 13.8 Å². The minimum atomic E-state index is -0.00350. The summed E-state index contributed by atoms with van der Waals surface area (Å²) in [7, 11) is 0. The number of amides is 1. The fourth-order valence-corrected chi connectivity index (χ4v) is 0.889. The molecule has 0 aliphatic heterocycles. The smallest absolute Gasteiger partial charge is 0.222 e. The van der Waals surface area contributed by atoms with E-state index in [0.717, 1.165) is 12.8 Å². The first-order chi connectivity index (χ1) is 6.54. The van der Waals surface area contributed by atoms with E-state index in [4.69, 9.17) is 11.1 Å². The molecule has 0 fully saturated rings. The first-order valence-electron chi connectivity index (χ1n) is 4.89. The molecule has 0 saturated carbocycles. The fraction of sp³-hybridized carbons (Fsp3) is 0.778. The van der Waals surface area contributed by atoms with Gasteiger partial charge in [-0.2, -0.15) is 0 Å². The molecule has 0 aromatic carbocycles. The van der Waals surface area contributed by atoms with Crippen molar-refractivity contribution in [3.8, 4) is 0 Å². The Morgan fingerprint density at radius 1 is 1.29 bits per heavy atom. The average Bonchev–Trinajstić information content (AvgIpc) is 2.09. The summed E-state index contributed by atoms with van der Waals surface area (Å²) in [5, 5.41) is 12.4. The predicted molar refractivity (Wildman–Crippen MR) is 57.0 cm³/mol. The quantitative estimate of drug-likeness (QED) is 0.277. The van der Waals surface area contributed by atoms with Gasteiger partial charge in [0, 0.05) is 19.0 Å². The topological polar surface area (TPSA) is 91.0 Å². The number of rotatable bonds is 6. The van der Waals surface area contributed by atoms with E-state index in [0.29, 0.717) is 13.1 Å². The highest BCUT2D eigenvalue weighted by Gasteiger charge is 2.04. The highest BCUT2D eigenvalue weighted by molar-refractivity contribution is 5.77. The van der Waals surface area contributed by atoms with Crippen LogP contribution in [0.2, 0.25) is 0 Å². The number of carbonyl (C=O) groups is 1. The van der Waals surface area contributed by atoms with Gasteiger partial charge in [-0.25, -0.2) is 0 Å². The van der Waals surface area contributed by atoms with E-state index in [-0.39, 0.29) is 17.8 Å². The van der Waals surface area contributed by atoms with Crippen molar-refractivity contribution in [1.29, 1.82) is 5.41 Å². The number of carbonyl (C=O) groups excluding carboxylic acids is 1. The van der Waals surface area contributed by atoms with E-state index in [1.165, 1.54) is 0 Å². The van der Waals surface area contributed by atoms with E-state index in [1.54, 1.807) is 0 Å². The molecule has 0 spiro atoms. The predicted octanol–water partition coefficient (Wildman–Crippen LogP) is 0.0219. The SMILES string of the molecule is CC(C)C(=O)NCCCCNC(=N)N. The molecule has 0 atom stereocenters. The maximum Gasteiger partial charge on any atom is 0.222 e. The summed E-state index contributed by atoms with van der Waals surface area (Å²) in [5.41, 5.74) is 5.10. The molecule has 82 valence electrons. The molecular weight excluding hydrogens is 180 g/mol. The summed E-state index contributed by atoms with van der Waals surface area (Å²) in [4.78, 5) is 11.1. The van der Waals surface area contributed by atoms with Crippen molar-refractivity contribution in [3.05, 3.63) is 0 Å². The molecule has 0 aromatic heterocycles. The lowest BCUT2D eigenvalue weighted by Gasteiger charge is -2.07. The summed E-state index contributed by atoms with van der Waals surface area (Å²) in [6.07, 6.45) is 1.80. The molecule has 0 aliphatic rings. The van der Waals surface area contributed by atoms with Gasteiger partial charge in [-0.05, 0) is 12.8 Å². The standard InChI is InChI=1S/C9H20N4O/c1-7(2)8(14)12-5-3-4-6-13-9(10)11/h7H,3-6H2,1-2H3,(H,12,14)(H4,10,11,13).